The van der Waals surface area contributed by atoms with E-state index >= 15 is 0 Å². The number of nitrogens with two attached hydrogens (primary N) is 2. The van der Waals surface area contributed by atoms with Gasteiger partial charge in [-0.15, -0.1) is 0 Å². The molecule has 0 aromatic rings. The predicted molar refractivity (Wildman–Crippen MR) is 38.9 cm³/mol. The van der Waals surface area contributed by atoms with Gasteiger partial charge in [-0.25, -0.2) is 4.79 Å². The van der Waals surface area contributed by atoms with E-state index in [1.807, 2.05) is 6.92 Å². The Morgan fingerprint density at radius 2 is 1.89 bits per heavy atom. The number of rotatable bonds is 1. The van der Waals surface area contributed by atoms with Crippen molar-refractivity contribution >= 4 is 6.03 Å². The summed E-state index contributed by atoms with van der Waals surface area (Å²) in [6.45, 7) is 4.16. The molecular weight excluding hydrogens is 116 g/mol. The van der Waals surface area contributed by atoms with Crippen LogP contribution in [-0.2, 0) is 0 Å². The maximum absolute atomic E-state index is 9.00. The maximum Gasteiger partial charge on any atom is 0.309 e. The fraction of sp³-hybridized carbons (Fsp3) is 0.500. The van der Waals surface area contributed by atoms with Crippen molar-refractivity contribution < 1.29 is 4.79 Å². The van der Waals surface area contributed by atoms with Crippen LogP contribution in [-0.4, -0.2) is 6.03 Å². The average Bonchev–Trinajstić information content (AvgIpc) is 1.66. The fourth-order valence-electron chi connectivity index (χ4n) is 0.236. The minimum absolute atomic E-state index is 0.833. The topological polar surface area (TPSA) is 69.1 Å². The third-order valence-corrected chi connectivity index (χ3v) is 0.471. The number of amides is 2. The highest BCUT2D eigenvalue weighted by molar-refractivity contribution is 5.69. The monoisotopic (exact) mass is 130 g/mol. The molecule has 0 unspecified atom stereocenters. The third kappa shape index (κ3) is 172. The molecular formula is C6H14N2O. The standard InChI is InChI=1S/C5H10.CH4N2O/c1-3-5-4-2;2-1(3)4/h3,5H,4H2,1-2H3;(H4,2,3,4)/b5-3+;. The van der Waals surface area contributed by atoms with Crippen LogP contribution < -0.4 is 11.5 Å². The molecule has 0 bridgehead atoms. The highest BCUT2D eigenvalue weighted by Gasteiger charge is 1.60. The molecule has 0 saturated carbocycles. The van der Waals surface area contributed by atoms with E-state index < -0.39 is 6.03 Å². The molecule has 2 amide bonds. The number of hydrogen-bond acceptors (Lipinski definition) is 1. The Morgan fingerprint density at radius 1 is 1.56 bits per heavy atom. The number of carbonyl (C=O) groups excluding carboxylic acids is 1. The minimum Gasteiger partial charge on any atom is -0.352 e. The van der Waals surface area contributed by atoms with Crippen LogP contribution in [0.3, 0.4) is 0 Å². The molecule has 3 heteroatoms. The van der Waals surface area contributed by atoms with Crippen LogP contribution in [0, 0.1) is 0 Å². The number of allylic oxidation sites excluding steroid dienone is 2. The number of carbonyl (C=O) groups is 1. The normalized spacial score (nSPS) is 8.22. The highest BCUT2D eigenvalue weighted by atomic mass is 16.2. The van der Waals surface area contributed by atoms with Crippen LogP contribution in [0.25, 0.3) is 0 Å². The quantitative estimate of drug-likeness (QED) is 0.511. The lowest BCUT2D eigenvalue weighted by atomic mass is 10.4. The van der Waals surface area contributed by atoms with Crippen molar-refractivity contribution in [3.8, 4) is 0 Å². The second-order valence-electron chi connectivity index (χ2n) is 1.38. The van der Waals surface area contributed by atoms with Gasteiger partial charge in [-0.05, 0) is 13.3 Å². The zero-order chi connectivity index (χ0) is 7.70. The molecule has 0 fully saturated rings. The molecule has 0 heterocycles. The third-order valence-electron chi connectivity index (χ3n) is 0.471. The van der Waals surface area contributed by atoms with Gasteiger partial charge in [0.2, 0.25) is 0 Å². The summed E-state index contributed by atoms with van der Waals surface area (Å²) in [5.74, 6) is 0. The van der Waals surface area contributed by atoms with Crippen LogP contribution >= 0.6 is 0 Å². The van der Waals surface area contributed by atoms with Gasteiger partial charge in [-0.2, -0.15) is 0 Å². The lowest BCUT2D eigenvalue weighted by Crippen LogP contribution is -2.18. The van der Waals surface area contributed by atoms with E-state index in [-0.39, 0.29) is 0 Å². The van der Waals surface area contributed by atoms with Gasteiger partial charge in [-0.1, -0.05) is 19.1 Å². The Hall–Kier alpha value is -0.990. The number of urea groups is 1. The van der Waals surface area contributed by atoms with Crippen LogP contribution in [0.2, 0.25) is 0 Å². The molecule has 9 heavy (non-hydrogen) atoms. The second-order valence-corrected chi connectivity index (χ2v) is 1.38. The zero-order valence-electron chi connectivity index (χ0n) is 5.92. The first-order valence-corrected chi connectivity index (χ1v) is 2.81. The molecule has 0 atom stereocenters. The lowest BCUT2D eigenvalue weighted by molar-refractivity contribution is 0.256. The molecule has 0 aromatic carbocycles. The van der Waals surface area contributed by atoms with Gasteiger partial charge >= 0.3 is 6.03 Å². The van der Waals surface area contributed by atoms with Crippen LogP contribution in [0.4, 0.5) is 4.79 Å². The number of primary amides is 2. The summed E-state index contributed by atoms with van der Waals surface area (Å²) in [6.07, 6.45) is 5.34. The largest absolute Gasteiger partial charge is 0.352 e. The van der Waals surface area contributed by atoms with Crippen molar-refractivity contribution in [3.05, 3.63) is 12.2 Å². The van der Waals surface area contributed by atoms with Crippen LogP contribution in [0.1, 0.15) is 20.3 Å². The highest BCUT2D eigenvalue weighted by Crippen LogP contribution is 1.73. The first-order chi connectivity index (χ1) is 4.15. The van der Waals surface area contributed by atoms with Gasteiger partial charge in [0.05, 0.1) is 0 Å². The molecule has 0 aliphatic carbocycles. The lowest BCUT2D eigenvalue weighted by Gasteiger charge is -1.65. The smallest absolute Gasteiger partial charge is 0.309 e. The molecule has 0 spiro atoms. The maximum atomic E-state index is 9.00. The van der Waals surface area contributed by atoms with Crippen LogP contribution in [0.15, 0.2) is 12.2 Å². The predicted octanol–water partition coefficient (Wildman–Crippen LogP) is 0.996. The summed E-state index contributed by atoms with van der Waals surface area (Å²) >= 11 is 0. The van der Waals surface area contributed by atoms with E-state index in [1.165, 1.54) is 0 Å². The minimum atomic E-state index is -0.833. The van der Waals surface area contributed by atoms with E-state index in [9.17, 15) is 0 Å². The summed E-state index contributed by atoms with van der Waals surface area (Å²) in [5.41, 5.74) is 8.50. The molecule has 0 radical (unpaired) electrons. The van der Waals surface area contributed by atoms with Crippen molar-refractivity contribution in [1.29, 1.82) is 0 Å². The van der Waals surface area contributed by atoms with Gasteiger partial charge in [0.25, 0.3) is 0 Å². The van der Waals surface area contributed by atoms with Crippen molar-refractivity contribution in [2.45, 2.75) is 20.3 Å². The molecule has 54 valence electrons. The van der Waals surface area contributed by atoms with E-state index in [4.69, 9.17) is 4.79 Å². The van der Waals surface area contributed by atoms with Gasteiger partial charge in [0.1, 0.15) is 0 Å². The number of hydrogen-bond donors (Lipinski definition) is 2. The van der Waals surface area contributed by atoms with E-state index in [1.54, 1.807) is 0 Å². The Balaban J connectivity index is 0. The van der Waals surface area contributed by atoms with Crippen LogP contribution in [0.5, 0.6) is 0 Å². The van der Waals surface area contributed by atoms with Crippen molar-refractivity contribution in [1.82, 2.24) is 0 Å². The van der Waals surface area contributed by atoms with Gasteiger partial charge in [-0.3, -0.25) is 0 Å². The first kappa shape index (κ1) is 10.9. The molecule has 4 N–H and O–H groups in total. The molecule has 0 rings (SSSR count). The molecule has 0 saturated heterocycles. The molecule has 3 nitrogen and oxygen atoms in total. The Kier molecular flexibility index (Phi) is 12.2. The summed E-state index contributed by atoms with van der Waals surface area (Å²) < 4.78 is 0. The summed E-state index contributed by atoms with van der Waals surface area (Å²) in [6, 6.07) is -0.833. The Labute approximate surface area is 55.7 Å². The molecule has 0 aliphatic rings. The first-order valence-electron chi connectivity index (χ1n) is 2.81. The zero-order valence-corrected chi connectivity index (χ0v) is 5.92. The summed E-state index contributed by atoms with van der Waals surface area (Å²) in [5, 5.41) is 0. The SMILES string of the molecule is C/C=C/CC.NC(N)=O. The summed E-state index contributed by atoms with van der Waals surface area (Å²) in [7, 11) is 0. The van der Waals surface area contributed by atoms with Crippen molar-refractivity contribution in [2.75, 3.05) is 0 Å². The fourth-order valence-corrected chi connectivity index (χ4v) is 0.236. The van der Waals surface area contributed by atoms with E-state index in [2.05, 4.69) is 30.5 Å². The summed E-state index contributed by atoms with van der Waals surface area (Å²) in [4.78, 5) is 9.00. The molecule has 0 aliphatic heterocycles. The Morgan fingerprint density at radius 3 is 1.89 bits per heavy atom. The van der Waals surface area contributed by atoms with Crippen molar-refractivity contribution in [3.63, 3.8) is 0 Å². The average molecular weight is 130 g/mol. The van der Waals surface area contributed by atoms with Gasteiger partial charge < -0.3 is 11.5 Å². The second kappa shape index (κ2) is 10.1. The molecule has 0 aromatic heterocycles. The van der Waals surface area contributed by atoms with E-state index in [0.717, 1.165) is 6.42 Å². The van der Waals surface area contributed by atoms with Crippen molar-refractivity contribution in [2.24, 2.45) is 11.5 Å². The Bertz CT molecular complexity index is 85.1. The van der Waals surface area contributed by atoms with Gasteiger partial charge in [0, 0.05) is 0 Å². The van der Waals surface area contributed by atoms with Gasteiger partial charge in [0.15, 0.2) is 0 Å². The van der Waals surface area contributed by atoms with E-state index in [0.29, 0.717) is 0 Å².